The van der Waals surface area contributed by atoms with Crippen LogP contribution in [0.1, 0.15) is 60.8 Å². The Bertz CT molecular complexity index is 802. The van der Waals surface area contributed by atoms with Gasteiger partial charge in [0.1, 0.15) is 5.82 Å². The molecule has 142 valence electrons. The van der Waals surface area contributed by atoms with Crippen molar-refractivity contribution in [3.63, 3.8) is 0 Å². The van der Waals surface area contributed by atoms with Crippen LogP contribution in [0.15, 0.2) is 24.3 Å². The third-order valence-electron chi connectivity index (χ3n) is 4.01. The number of benzene rings is 1. The maximum atomic E-state index is 13.3. The molecule has 0 saturated carbocycles. The Hall–Kier alpha value is -2.31. The summed E-state index contributed by atoms with van der Waals surface area (Å²) in [5, 5.41) is 0. The van der Waals surface area contributed by atoms with Crippen molar-refractivity contribution in [3.05, 3.63) is 52.6 Å². The van der Waals surface area contributed by atoms with Gasteiger partial charge in [-0.25, -0.2) is 9.78 Å². The fraction of sp³-hybridized carbons (Fsp3) is 0.474. The summed E-state index contributed by atoms with van der Waals surface area (Å²) in [6.45, 7) is 9.23. The predicted octanol–water partition coefficient (Wildman–Crippen LogP) is 4.73. The Morgan fingerprint density at radius 3 is 2.35 bits per heavy atom. The minimum absolute atomic E-state index is 0.0273. The van der Waals surface area contributed by atoms with Gasteiger partial charge in [-0.15, -0.1) is 0 Å². The average Bonchev–Trinajstić information content (AvgIpc) is 2.84. The molecule has 1 aromatic carbocycles. The van der Waals surface area contributed by atoms with E-state index >= 15 is 0 Å². The SMILES string of the molecule is CCOC(=O)c1nc(C(C)(C)C)n(Cc2ccccc2C(F)(F)F)c1C. The normalized spacial score (nSPS) is 12.3. The van der Waals surface area contributed by atoms with Crippen molar-refractivity contribution < 1.29 is 22.7 Å². The quantitative estimate of drug-likeness (QED) is 0.733. The van der Waals surface area contributed by atoms with Crippen LogP contribution in [0.25, 0.3) is 0 Å². The molecule has 2 aromatic rings. The van der Waals surface area contributed by atoms with Crippen molar-refractivity contribution >= 4 is 5.97 Å². The highest BCUT2D eigenvalue weighted by molar-refractivity contribution is 5.88. The molecule has 0 aliphatic carbocycles. The number of imidazole rings is 1. The maximum absolute atomic E-state index is 13.3. The van der Waals surface area contributed by atoms with Crippen LogP contribution in [0.4, 0.5) is 13.2 Å². The molecule has 0 fully saturated rings. The van der Waals surface area contributed by atoms with Crippen LogP contribution in [-0.4, -0.2) is 22.1 Å². The molecule has 0 aliphatic rings. The number of alkyl halides is 3. The first kappa shape index (κ1) is 20.0. The van der Waals surface area contributed by atoms with Gasteiger partial charge in [0.25, 0.3) is 0 Å². The second-order valence-corrected chi connectivity index (χ2v) is 7.08. The Morgan fingerprint density at radius 2 is 1.81 bits per heavy atom. The van der Waals surface area contributed by atoms with Gasteiger partial charge in [0.15, 0.2) is 5.69 Å². The molecular formula is C19H23F3N2O2. The van der Waals surface area contributed by atoms with Crippen molar-refractivity contribution in [2.45, 2.75) is 52.8 Å². The third kappa shape index (κ3) is 4.08. The second-order valence-electron chi connectivity index (χ2n) is 7.08. The van der Waals surface area contributed by atoms with Crippen LogP contribution in [0.3, 0.4) is 0 Å². The van der Waals surface area contributed by atoms with Crippen molar-refractivity contribution in [1.82, 2.24) is 9.55 Å². The van der Waals surface area contributed by atoms with E-state index in [0.717, 1.165) is 6.07 Å². The minimum Gasteiger partial charge on any atom is -0.461 e. The van der Waals surface area contributed by atoms with E-state index in [1.165, 1.54) is 12.1 Å². The van der Waals surface area contributed by atoms with Gasteiger partial charge in [0.2, 0.25) is 0 Å². The highest BCUT2D eigenvalue weighted by Gasteiger charge is 2.34. The first-order valence-corrected chi connectivity index (χ1v) is 8.36. The Balaban J connectivity index is 2.58. The number of rotatable bonds is 4. The van der Waals surface area contributed by atoms with E-state index < -0.39 is 23.1 Å². The molecule has 0 saturated heterocycles. The number of aromatic nitrogens is 2. The first-order chi connectivity index (χ1) is 12.0. The highest BCUT2D eigenvalue weighted by Crippen LogP contribution is 2.33. The molecule has 1 heterocycles. The van der Waals surface area contributed by atoms with Crippen molar-refractivity contribution in [2.24, 2.45) is 0 Å². The number of hydrogen-bond donors (Lipinski definition) is 0. The lowest BCUT2D eigenvalue weighted by atomic mass is 9.95. The fourth-order valence-electron chi connectivity index (χ4n) is 2.80. The zero-order chi connectivity index (χ0) is 19.7. The maximum Gasteiger partial charge on any atom is 0.416 e. The number of esters is 1. The van der Waals surface area contributed by atoms with Gasteiger partial charge in [-0.1, -0.05) is 39.0 Å². The molecule has 1 aromatic heterocycles. The lowest BCUT2D eigenvalue weighted by Crippen LogP contribution is -2.21. The van der Waals surface area contributed by atoms with Gasteiger partial charge in [0.05, 0.1) is 12.2 Å². The molecule has 2 rings (SSSR count). The zero-order valence-electron chi connectivity index (χ0n) is 15.6. The molecule has 26 heavy (non-hydrogen) atoms. The van der Waals surface area contributed by atoms with Crippen LogP contribution in [0, 0.1) is 6.92 Å². The largest absolute Gasteiger partial charge is 0.461 e. The van der Waals surface area contributed by atoms with Gasteiger partial charge >= 0.3 is 12.1 Å². The van der Waals surface area contributed by atoms with E-state index in [0.29, 0.717) is 11.5 Å². The molecule has 0 aliphatic heterocycles. The third-order valence-corrected chi connectivity index (χ3v) is 4.01. The van der Waals surface area contributed by atoms with Gasteiger partial charge < -0.3 is 9.30 Å². The summed E-state index contributed by atoms with van der Waals surface area (Å²) < 4.78 is 46.6. The van der Waals surface area contributed by atoms with Crippen LogP contribution < -0.4 is 0 Å². The van der Waals surface area contributed by atoms with E-state index in [9.17, 15) is 18.0 Å². The molecule has 0 unspecified atom stereocenters. The summed E-state index contributed by atoms with van der Waals surface area (Å²) in [5.74, 6) is -0.0339. The van der Waals surface area contributed by atoms with Gasteiger partial charge in [-0.2, -0.15) is 13.2 Å². The summed E-state index contributed by atoms with van der Waals surface area (Å²) in [6, 6.07) is 5.44. The monoisotopic (exact) mass is 368 g/mol. The first-order valence-electron chi connectivity index (χ1n) is 8.36. The summed E-state index contributed by atoms with van der Waals surface area (Å²) in [6.07, 6.45) is -4.45. The number of hydrogen-bond acceptors (Lipinski definition) is 3. The molecule has 0 radical (unpaired) electrons. The zero-order valence-corrected chi connectivity index (χ0v) is 15.6. The van der Waals surface area contributed by atoms with E-state index in [2.05, 4.69) is 4.98 Å². The van der Waals surface area contributed by atoms with Crippen LogP contribution >= 0.6 is 0 Å². The minimum atomic E-state index is -4.45. The lowest BCUT2D eigenvalue weighted by Gasteiger charge is -2.22. The molecule has 0 spiro atoms. The topological polar surface area (TPSA) is 44.1 Å². The summed E-state index contributed by atoms with van der Waals surface area (Å²) >= 11 is 0. The van der Waals surface area contributed by atoms with Gasteiger partial charge in [-0.3, -0.25) is 0 Å². The molecule has 0 N–H and O–H groups in total. The highest BCUT2D eigenvalue weighted by atomic mass is 19.4. The van der Waals surface area contributed by atoms with Crippen LogP contribution in [0.5, 0.6) is 0 Å². The van der Waals surface area contributed by atoms with Gasteiger partial charge in [0, 0.05) is 17.7 Å². The van der Waals surface area contributed by atoms with Crippen molar-refractivity contribution in [2.75, 3.05) is 6.61 Å². The van der Waals surface area contributed by atoms with Crippen LogP contribution in [0.2, 0.25) is 0 Å². The van der Waals surface area contributed by atoms with Crippen molar-refractivity contribution in [1.29, 1.82) is 0 Å². The standard InChI is InChI=1S/C19H23F3N2O2/c1-6-26-16(25)15-12(2)24(17(23-15)18(3,4)5)11-13-9-7-8-10-14(13)19(20,21)22/h7-10H,6,11H2,1-5H3. The number of halogens is 3. The second kappa shape index (κ2) is 7.13. The van der Waals surface area contributed by atoms with E-state index in [1.807, 2.05) is 20.8 Å². The molecule has 7 heteroatoms. The molecule has 4 nitrogen and oxygen atoms in total. The van der Waals surface area contributed by atoms with E-state index in [-0.39, 0.29) is 24.4 Å². The van der Waals surface area contributed by atoms with Gasteiger partial charge in [-0.05, 0) is 25.5 Å². The van der Waals surface area contributed by atoms with Crippen LogP contribution in [-0.2, 0) is 22.9 Å². The number of nitrogens with zero attached hydrogens (tertiary/aromatic N) is 2. The smallest absolute Gasteiger partial charge is 0.416 e. The summed E-state index contributed by atoms with van der Waals surface area (Å²) in [5.41, 5.74) is -0.387. The average molecular weight is 368 g/mol. The van der Waals surface area contributed by atoms with Crippen molar-refractivity contribution in [3.8, 4) is 0 Å². The number of ether oxygens (including phenoxy) is 1. The predicted molar refractivity (Wildman–Crippen MR) is 92.2 cm³/mol. The lowest BCUT2D eigenvalue weighted by molar-refractivity contribution is -0.138. The molecule has 0 amide bonds. The number of carbonyl (C=O) groups is 1. The molecule has 0 atom stereocenters. The molecule has 0 bridgehead atoms. The number of carbonyl (C=O) groups excluding carboxylic acids is 1. The Morgan fingerprint density at radius 1 is 1.19 bits per heavy atom. The summed E-state index contributed by atoms with van der Waals surface area (Å²) in [4.78, 5) is 16.6. The molecular weight excluding hydrogens is 345 g/mol. The van der Waals surface area contributed by atoms with E-state index in [4.69, 9.17) is 4.74 Å². The fourth-order valence-corrected chi connectivity index (χ4v) is 2.80. The summed E-state index contributed by atoms with van der Waals surface area (Å²) in [7, 11) is 0. The van der Waals surface area contributed by atoms with E-state index in [1.54, 1.807) is 24.5 Å². The Labute approximate surface area is 151 Å². The Kier molecular flexibility index (Phi) is 5.49.